The Morgan fingerprint density at radius 1 is 1.29 bits per heavy atom. The van der Waals surface area contributed by atoms with Gasteiger partial charge in [0.25, 0.3) is 0 Å². The maximum atomic E-state index is 12.8. The lowest BCUT2D eigenvalue weighted by atomic mass is 9.93. The molecule has 0 N–H and O–H groups in total. The van der Waals surface area contributed by atoms with Crippen molar-refractivity contribution in [2.45, 2.75) is 64.0 Å². The maximum absolute atomic E-state index is 12.8. The van der Waals surface area contributed by atoms with Crippen molar-refractivity contribution < 1.29 is 14.1 Å². The Balaban J connectivity index is 1.61. The van der Waals surface area contributed by atoms with E-state index in [9.17, 15) is 9.59 Å². The molecule has 0 spiro atoms. The third-order valence-electron chi connectivity index (χ3n) is 5.32. The first-order chi connectivity index (χ1) is 11.6. The Bertz CT molecular complexity index is 550. The number of hydrogen-bond donors (Lipinski definition) is 0. The van der Waals surface area contributed by atoms with Crippen LogP contribution in [-0.4, -0.2) is 46.4 Å². The van der Waals surface area contributed by atoms with E-state index >= 15 is 0 Å². The van der Waals surface area contributed by atoms with Crippen molar-refractivity contribution in [3.63, 3.8) is 0 Å². The molecule has 3 rings (SSSR count). The summed E-state index contributed by atoms with van der Waals surface area (Å²) < 4.78 is 5.08. The van der Waals surface area contributed by atoms with Crippen molar-refractivity contribution in [1.29, 1.82) is 0 Å². The molecule has 2 aliphatic rings. The number of carbonyl (C=O) groups is 2. The third-order valence-corrected chi connectivity index (χ3v) is 5.32. The van der Waals surface area contributed by atoms with E-state index < -0.39 is 0 Å². The fraction of sp³-hybridized carbons (Fsp3) is 0.722. The smallest absolute Gasteiger partial charge is 0.227 e. The number of carbonyl (C=O) groups excluding carboxylic acids is 2. The number of likely N-dealkylation sites (tertiary alicyclic amines) is 1. The number of amides is 2. The van der Waals surface area contributed by atoms with Gasteiger partial charge in [-0.1, -0.05) is 30.8 Å². The van der Waals surface area contributed by atoms with Crippen molar-refractivity contribution in [1.82, 2.24) is 15.0 Å². The minimum absolute atomic E-state index is 0.0949. The summed E-state index contributed by atoms with van der Waals surface area (Å²) in [5, 5.41) is 3.67. The molecule has 0 bridgehead atoms. The van der Waals surface area contributed by atoms with Crippen LogP contribution in [0.2, 0.25) is 0 Å². The van der Waals surface area contributed by atoms with Crippen molar-refractivity contribution in [3.05, 3.63) is 18.0 Å². The molecule has 24 heavy (non-hydrogen) atoms. The van der Waals surface area contributed by atoms with Gasteiger partial charge in [-0.25, -0.2) is 0 Å². The molecular weight excluding hydrogens is 306 g/mol. The summed E-state index contributed by atoms with van der Waals surface area (Å²) in [7, 11) is 1.79. The number of nitrogens with zero attached hydrogens (tertiary/aromatic N) is 3. The minimum Gasteiger partial charge on any atom is -0.360 e. The van der Waals surface area contributed by atoms with E-state index in [4.69, 9.17) is 4.52 Å². The number of piperidine rings is 1. The van der Waals surface area contributed by atoms with E-state index in [1.165, 1.54) is 25.7 Å². The van der Waals surface area contributed by atoms with Gasteiger partial charge < -0.3 is 14.3 Å². The lowest BCUT2D eigenvalue weighted by molar-refractivity contribution is -0.144. The Morgan fingerprint density at radius 2 is 2.04 bits per heavy atom. The highest BCUT2D eigenvalue weighted by Gasteiger charge is 2.35. The van der Waals surface area contributed by atoms with Gasteiger partial charge in [0.1, 0.15) is 0 Å². The largest absolute Gasteiger partial charge is 0.360 e. The van der Waals surface area contributed by atoms with Crippen LogP contribution in [0.1, 0.15) is 57.1 Å². The molecule has 1 atom stereocenters. The van der Waals surface area contributed by atoms with Gasteiger partial charge in [-0.15, -0.1) is 0 Å². The van der Waals surface area contributed by atoms with Crippen LogP contribution in [0, 0.1) is 5.92 Å². The first-order valence-electron chi connectivity index (χ1n) is 9.09. The van der Waals surface area contributed by atoms with Gasteiger partial charge in [0.15, 0.2) is 5.76 Å². The molecule has 0 radical (unpaired) electrons. The number of hydrogen-bond acceptors (Lipinski definition) is 4. The zero-order valence-corrected chi connectivity index (χ0v) is 14.4. The monoisotopic (exact) mass is 333 g/mol. The predicted molar refractivity (Wildman–Crippen MR) is 88.9 cm³/mol. The van der Waals surface area contributed by atoms with Crippen molar-refractivity contribution in [3.8, 4) is 0 Å². The van der Waals surface area contributed by atoms with E-state index in [0.717, 1.165) is 12.8 Å². The zero-order valence-electron chi connectivity index (χ0n) is 14.4. The average molecular weight is 333 g/mol. The molecule has 1 saturated heterocycles. The molecular formula is C18H27N3O3. The molecule has 1 aliphatic heterocycles. The highest BCUT2D eigenvalue weighted by atomic mass is 16.5. The highest BCUT2D eigenvalue weighted by Crippen LogP contribution is 2.28. The Kier molecular flexibility index (Phi) is 5.53. The van der Waals surface area contributed by atoms with Gasteiger partial charge in [0.05, 0.1) is 18.7 Å². The molecule has 1 saturated carbocycles. The number of rotatable bonds is 4. The van der Waals surface area contributed by atoms with Crippen LogP contribution in [0.4, 0.5) is 0 Å². The van der Waals surface area contributed by atoms with Crippen LogP contribution in [0.3, 0.4) is 0 Å². The van der Waals surface area contributed by atoms with E-state index in [-0.39, 0.29) is 17.7 Å². The molecule has 0 unspecified atom stereocenters. The third kappa shape index (κ3) is 3.97. The highest BCUT2D eigenvalue weighted by molar-refractivity contribution is 5.83. The summed E-state index contributed by atoms with van der Waals surface area (Å²) in [6, 6.07) is 2.10. The fourth-order valence-electron chi connectivity index (χ4n) is 3.94. The summed E-state index contributed by atoms with van der Waals surface area (Å²) in [6.45, 7) is 0.996. The second-order valence-electron chi connectivity index (χ2n) is 7.10. The normalized spacial score (nSPS) is 23.1. The van der Waals surface area contributed by atoms with Gasteiger partial charge in [0.2, 0.25) is 11.8 Å². The van der Waals surface area contributed by atoms with E-state index in [1.807, 2.05) is 4.90 Å². The lowest BCUT2D eigenvalue weighted by Crippen LogP contribution is -2.50. The Labute approximate surface area is 143 Å². The molecule has 2 amide bonds. The molecule has 1 aromatic heterocycles. The zero-order chi connectivity index (χ0) is 16.9. The molecule has 1 aromatic rings. The summed E-state index contributed by atoms with van der Waals surface area (Å²) in [5.41, 5.74) is 0. The van der Waals surface area contributed by atoms with Crippen LogP contribution in [0.15, 0.2) is 16.8 Å². The SMILES string of the molecule is CN(Cc1ccno1)C(=O)[C@H]1CCC(=O)N(C2CCCCCC2)C1. The fourth-order valence-corrected chi connectivity index (χ4v) is 3.94. The Hall–Kier alpha value is -1.85. The van der Waals surface area contributed by atoms with Crippen LogP contribution < -0.4 is 0 Å². The number of aromatic nitrogens is 1. The van der Waals surface area contributed by atoms with Gasteiger partial charge in [-0.3, -0.25) is 9.59 Å². The van der Waals surface area contributed by atoms with Crippen molar-refractivity contribution in [2.24, 2.45) is 5.92 Å². The van der Waals surface area contributed by atoms with E-state index in [2.05, 4.69) is 5.16 Å². The van der Waals surface area contributed by atoms with E-state index in [1.54, 1.807) is 24.2 Å². The van der Waals surface area contributed by atoms with E-state index in [0.29, 0.717) is 37.7 Å². The van der Waals surface area contributed by atoms with Gasteiger partial charge >= 0.3 is 0 Å². The van der Waals surface area contributed by atoms with Crippen LogP contribution >= 0.6 is 0 Å². The first-order valence-corrected chi connectivity index (χ1v) is 9.09. The molecule has 2 fully saturated rings. The topological polar surface area (TPSA) is 66.7 Å². The second-order valence-corrected chi connectivity index (χ2v) is 7.10. The van der Waals surface area contributed by atoms with Crippen LogP contribution in [0.25, 0.3) is 0 Å². The summed E-state index contributed by atoms with van der Waals surface area (Å²) in [4.78, 5) is 28.8. The second kappa shape index (κ2) is 7.81. The Morgan fingerprint density at radius 3 is 2.71 bits per heavy atom. The minimum atomic E-state index is -0.0983. The van der Waals surface area contributed by atoms with Gasteiger partial charge in [0, 0.05) is 32.1 Å². The quantitative estimate of drug-likeness (QED) is 0.794. The summed E-state index contributed by atoms with van der Waals surface area (Å²) in [5.74, 6) is 0.901. The molecule has 1 aliphatic carbocycles. The van der Waals surface area contributed by atoms with Gasteiger partial charge in [-0.05, 0) is 19.3 Å². The molecule has 0 aromatic carbocycles. The van der Waals surface area contributed by atoms with Crippen molar-refractivity contribution >= 4 is 11.8 Å². The predicted octanol–water partition coefficient (Wildman–Crippen LogP) is 2.59. The van der Waals surface area contributed by atoms with Crippen LogP contribution in [-0.2, 0) is 16.1 Å². The molecule has 6 heteroatoms. The molecule has 132 valence electrons. The van der Waals surface area contributed by atoms with Gasteiger partial charge in [-0.2, -0.15) is 0 Å². The molecule has 6 nitrogen and oxygen atoms in total. The molecule has 2 heterocycles. The summed E-state index contributed by atoms with van der Waals surface area (Å²) >= 11 is 0. The maximum Gasteiger partial charge on any atom is 0.227 e. The standard InChI is InChI=1S/C18H27N3O3/c1-20(13-16-10-11-19-24-16)18(23)14-8-9-17(22)21(12-14)15-6-4-2-3-5-7-15/h10-11,14-15H,2-9,12-13H2,1H3/t14-/m0/s1. The van der Waals surface area contributed by atoms with Crippen LogP contribution in [0.5, 0.6) is 0 Å². The summed E-state index contributed by atoms with van der Waals surface area (Å²) in [6.07, 6.45) is 9.81. The first kappa shape index (κ1) is 17.0. The van der Waals surface area contributed by atoms with Crippen molar-refractivity contribution in [2.75, 3.05) is 13.6 Å². The lowest BCUT2D eigenvalue weighted by Gasteiger charge is -2.38. The average Bonchev–Trinajstić information content (AvgIpc) is 2.94.